The zero-order valence-corrected chi connectivity index (χ0v) is 11.8. The summed E-state index contributed by atoms with van der Waals surface area (Å²) < 4.78 is 0. The lowest BCUT2D eigenvalue weighted by Gasteiger charge is -2.55. The number of benzene rings is 1. The molecular weight excluding hydrogens is 232 g/mol. The number of aliphatic hydroxyl groups is 1. The van der Waals surface area contributed by atoms with Crippen molar-refractivity contribution in [3.8, 4) is 0 Å². The second-order valence-electron chi connectivity index (χ2n) is 7.31. The average Bonchev–Trinajstić information content (AvgIpc) is 2.37. The molecule has 5 rings (SSSR count). The summed E-state index contributed by atoms with van der Waals surface area (Å²) in [4.78, 5) is 0. The van der Waals surface area contributed by atoms with Gasteiger partial charge in [-0.15, -0.1) is 0 Å². The minimum absolute atomic E-state index is 0.226. The molecule has 1 atom stereocenters. The molecule has 0 radical (unpaired) electrons. The number of aliphatic hydroxyl groups excluding tert-OH is 1. The van der Waals surface area contributed by atoms with Gasteiger partial charge in [0.1, 0.15) is 0 Å². The molecule has 4 aliphatic rings. The summed E-state index contributed by atoms with van der Waals surface area (Å²) in [5, 5.41) is 10.9. The van der Waals surface area contributed by atoms with E-state index < -0.39 is 0 Å². The quantitative estimate of drug-likeness (QED) is 0.844. The lowest BCUT2D eigenvalue weighted by atomic mass is 9.50. The summed E-state index contributed by atoms with van der Waals surface area (Å²) in [6, 6.07) is 8.41. The smallest absolute Gasteiger partial charge is 0.0826 e. The SMILES string of the molecule is Cc1ccccc1C(O)C1C2CC3CC(C2)CC1C3. The maximum Gasteiger partial charge on any atom is 0.0826 e. The van der Waals surface area contributed by atoms with Crippen LogP contribution in [0.4, 0.5) is 0 Å². The Bertz CT molecular complexity index is 450. The van der Waals surface area contributed by atoms with E-state index in [-0.39, 0.29) is 6.10 Å². The number of hydrogen-bond acceptors (Lipinski definition) is 1. The highest BCUT2D eigenvalue weighted by atomic mass is 16.3. The van der Waals surface area contributed by atoms with E-state index in [2.05, 4.69) is 31.2 Å². The van der Waals surface area contributed by atoms with Crippen LogP contribution in [-0.2, 0) is 0 Å². The van der Waals surface area contributed by atoms with Gasteiger partial charge in [0.25, 0.3) is 0 Å². The Morgan fingerprint density at radius 3 is 2.11 bits per heavy atom. The van der Waals surface area contributed by atoms with Crippen molar-refractivity contribution >= 4 is 0 Å². The molecule has 0 saturated heterocycles. The van der Waals surface area contributed by atoms with Crippen LogP contribution in [0.1, 0.15) is 49.3 Å². The van der Waals surface area contributed by atoms with Crippen LogP contribution in [0.2, 0.25) is 0 Å². The third-order valence-electron chi connectivity index (χ3n) is 6.17. The minimum Gasteiger partial charge on any atom is -0.388 e. The van der Waals surface area contributed by atoms with Gasteiger partial charge in [0.05, 0.1) is 6.10 Å². The fourth-order valence-corrected chi connectivity index (χ4v) is 5.61. The monoisotopic (exact) mass is 256 g/mol. The third-order valence-corrected chi connectivity index (χ3v) is 6.17. The summed E-state index contributed by atoms with van der Waals surface area (Å²) in [5.41, 5.74) is 2.43. The fraction of sp³-hybridized carbons (Fsp3) is 0.667. The zero-order valence-electron chi connectivity index (χ0n) is 11.8. The predicted octanol–water partition coefficient (Wildman–Crippen LogP) is 4.10. The molecule has 4 fully saturated rings. The molecule has 1 unspecified atom stereocenters. The van der Waals surface area contributed by atoms with Gasteiger partial charge in [0, 0.05) is 0 Å². The van der Waals surface area contributed by atoms with Gasteiger partial charge in [0.2, 0.25) is 0 Å². The number of rotatable bonds is 2. The van der Waals surface area contributed by atoms with E-state index in [1.165, 1.54) is 43.2 Å². The fourth-order valence-electron chi connectivity index (χ4n) is 5.61. The highest BCUT2D eigenvalue weighted by Crippen LogP contribution is 2.59. The zero-order chi connectivity index (χ0) is 13.0. The van der Waals surface area contributed by atoms with Crippen LogP contribution in [0.25, 0.3) is 0 Å². The molecule has 102 valence electrons. The van der Waals surface area contributed by atoms with Gasteiger partial charge < -0.3 is 5.11 Å². The van der Waals surface area contributed by atoms with E-state index in [9.17, 15) is 5.11 Å². The summed E-state index contributed by atoms with van der Waals surface area (Å²) in [5.74, 6) is 4.11. The molecule has 4 saturated carbocycles. The first-order chi connectivity index (χ1) is 9.22. The maximum absolute atomic E-state index is 10.9. The van der Waals surface area contributed by atoms with Crippen LogP contribution in [0, 0.1) is 36.5 Å². The molecule has 1 N–H and O–H groups in total. The second-order valence-corrected chi connectivity index (χ2v) is 7.31. The van der Waals surface area contributed by atoms with Crippen molar-refractivity contribution in [2.75, 3.05) is 0 Å². The Balaban J connectivity index is 1.64. The largest absolute Gasteiger partial charge is 0.388 e. The van der Waals surface area contributed by atoms with E-state index in [1.807, 2.05) is 0 Å². The van der Waals surface area contributed by atoms with E-state index in [4.69, 9.17) is 0 Å². The van der Waals surface area contributed by atoms with Crippen molar-refractivity contribution in [3.05, 3.63) is 35.4 Å². The van der Waals surface area contributed by atoms with E-state index >= 15 is 0 Å². The Hall–Kier alpha value is -0.820. The summed E-state index contributed by atoms with van der Waals surface area (Å²) in [6.45, 7) is 2.13. The minimum atomic E-state index is -0.226. The molecule has 1 aromatic carbocycles. The Morgan fingerprint density at radius 1 is 0.947 bits per heavy atom. The molecule has 0 aromatic heterocycles. The van der Waals surface area contributed by atoms with Gasteiger partial charge in [-0.25, -0.2) is 0 Å². The molecule has 19 heavy (non-hydrogen) atoms. The molecule has 0 amide bonds. The highest BCUT2D eigenvalue weighted by molar-refractivity contribution is 5.28. The normalized spacial score (nSPS) is 41.5. The van der Waals surface area contributed by atoms with Crippen LogP contribution in [0.15, 0.2) is 24.3 Å². The van der Waals surface area contributed by atoms with E-state index in [0.717, 1.165) is 23.7 Å². The van der Waals surface area contributed by atoms with Crippen LogP contribution >= 0.6 is 0 Å². The third kappa shape index (κ3) is 1.86. The Labute approximate surface area is 116 Å². The van der Waals surface area contributed by atoms with Gasteiger partial charge in [-0.1, -0.05) is 24.3 Å². The van der Waals surface area contributed by atoms with Gasteiger partial charge in [-0.05, 0) is 79.7 Å². The van der Waals surface area contributed by atoms with Crippen molar-refractivity contribution in [1.29, 1.82) is 0 Å². The topological polar surface area (TPSA) is 20.2 Å². The summed E-state index contributed by atoms with van der Waals surface area (Å²) in [7, 11) is 0. The molecule has 4 aliphatic carbocycles. The van der Waals surface area contributed by atoms with Crippen LogP contribution < -0.4 is 0 Å². The van der Waals surface area contributed by atoms with E-state index in [0.29, 0.717) is 5.92 Å². The molecule has 4 bridgehead atoms. The molecule has 0 heterocycles. The Morgan fingerprint density at radius 2 is 1.53 bits per heavy atom. The molecule has 1 heteroatoms. The summed E-state index contributed by atoms with van der Waals surface area (Å²) >= 11 is 0. The van der Waals surface area contributed by atoms with Crippen molar-refractivity contribution in [3.63, 3.8) is 0 Å². The van der Waals surface area contributed by atoms with Gasteiger partial charge in [-0.3, -0.25) is 0 Å². The lowest BCUT2D eigenvalue weighted by molar-refractivity contribution is -0.0909. The number of aryl methyl sites for hydroxylation is 1. The highest BCUT2D eigenvalue weighted by Gasteiger charge is 2.50. The van der Waals surface area contributed by atoms with Crippen molar-refractivity contribution in [2.45, 2.75) is 45.1 Å². The summed E-state index contributed by atoms with van der Waals surface area (Å²) in [6.07, 6.45) is 6.82. The van der Waals surface area contributed by atoms with Gasteiger partial charge >= 0.3 is 0 Å². The molecular formula is C18H24O. The van der Waals surface area contributed by atoms with Crippen molar-refractivity contribution < 1.29 is 5.11 Å². The molecule has 0 spiro atoms. The maximum atomic E-state index is 10.9. The van der Waals surface area contributed by atoms with Gasteiger partial charge in [0.15, 0.2) is 0 Å². The molecule has 0 aliphatic heterocycles. The molecule has 1 nitrogen and oxygen atoms in total. The molecule has 1 aromatic rings. The van der Waals surface area contributed by atoms with Crippen LogP contribution in [0.5, 0.6) is 0 Å². The lowest BCUT2D eigenvalue weighted by Crippen LogP contribution is -2.47. The predicted molar refractivity (Wildman–Crippen MR) is 76.7 cm³/mol. The van der Waals surface area contributed by atoms with Crippen molar-refractivity contribution in [2.24, 2.45) is 29.6 Å². The standard InChI is InChI=1S/C18H24O/c1-11-4-2-3-5-16(11)18(19)17-14-7-12-6-13(9-14)10-15(17)8-12/h2-5,12-15,17-19H,6-10H2,1H3. The first kappa shape index (κ1) is 12.0. The number of hydrogen-bond donors (Lipinski definition) is 1. The van der Waals surface area contributed by atoms with Gasteiger partial charge in [-0.2, -0.15) is 0 Å². The Kier molecular flexibility index (Phi) is 2.73. The average molecular weight is 256 g/mol. The second kappa shape index (κ2) is 4.34. The van der Waals surface area contributed by atoms with Crippen LogP contribution in [-0.4, -0.2) is 5.11 Å². The van der Waals surface area contributed by atoms with Crippen LogP contribution in [0.3, 0.4) is 0 Å². The first-order valence-electron chi connectivity index (χ1n) is 7.96. The first-order valence-corrected chi connectivity index (χ1v) is 7.96. The van der Waals surface area contributed by atoms with E-state index in [1.54, 1.807) is 0 Å². The van der Waals surface area contributed by atoms with Crippen molar-refractivity contribution in [1.82, 2.24) is 0 Å².